The zero-order valence-corrected chi connectivity index (χ0v) is 27.9. The van der Waals surface area contributed by atoms with Crippen molar-refractivity contribution in [3.63, 3.8) is 0 Å². The van der Waals surface area contributed by atoms with Crippen LogP contribution in [-0.4, -0.2) is 101 Å². The van der Waals surface area contributed by atoms with E-state index in [2.05, 4.69) is 20.6 Å². The molecule has 0 aliphatic heterocycles. The molecule has 16 heteroatoms. The minimum Gasteiger partial charge on any atom is -0.456 e. The SMILES string of the molecule is CC(=O)O[C@@H]([C@H](OC(C)=O)[C@@H](Cn1cc(CC(O)CC(C)C)nn1)OC(C)=O)[C@@H](Cn1cc(CC(O)CC(C)C)nn1)OC(C)=O. The summed E-state index contributed by atoms with van der Waals surface area (Å²) >= 11 is 0. The molecule has 0 amide bonds. The van der Waals surface area contributed by atoms with E-state index in [0.29, 0.717) is 24.2 Å². The Kier molecular flexibility index (Phi) is 15.2. The molecule has 2 rings (SSSR count). The van der Waals surface area contributed by atoms with Crippen LogP contribution in [0.3, 0.4) is 0 Å². The van der Waals surface area contributed by atoms with Crippen LogP contribution in [0.5, 0.6) is 0 Å². The van der Waals surface area contributed by atoms with Crippen LogP contribution in [-0.2, 0) is 64.1 Å². The maximum Gasteiger partial charge on any atom is 0.303 e. The number of rotatable bonds is 19. The second-order valence-corrected chi connectivity index (χ2v) is 12.3. The monoisotopic (exact) mass is 652 g/mol. The van der Waals surface area contributed by atoms with E-state index in [1.54, 1.807) is 12.4 Å². The van der Waals surface area contributed by atoms with Crippen molar-refractivity contribution in [1.82, 2.24) is 30.0 Å². The third kappa shape index (κ3) is 14.0. The highest BCUT2D eigenvalue weighted by atomic mass is 16.6. The lowest BCUT2D eigenvalue weighted by atomic mass is 10.0. The standard InChI is InChI=1S/C30H48N6O10/c1-17(2)9-25(41)11-23-13-35(33-31-23)15-27(43-19(5)37)29(45-21(7)39)30(46-22(8)40)28(44-20(6)38)16-36-14-24(32-34-36)12-26(42)10-18(3)4/h13-14,17-18,25-30,41-42H,9-12,15-16H2,1-8H3/t25?,26?,27-,28-,29-,30-/m1/s1. The minimum absolute atomic E-state index is 0.198. The number of aliphatic hydroxyl groups excluding tert-OH is 2. The quantitative estimate of drug-likeness (QED) is 0.162. The lowest BCUT2D eigenvalue weighted by Crippen LogP contribution is -2.53. The van der Waals surface area contributed by atoms with Crippen LogP contribution in [0.25, 0.3) is 0 Å². The summed E-state index contributed by atoms with van der Waals surface area (Å²) < 4.78 is 25.0. The Morgan fingerprint density at radius 2 is 0.957 bits per heavy atom. The fraction of sp³-hybridized carbons (Fsp3) is 0.733. The topological polar surface area (TPSA) is 207 Å². The van der Waals surface area contributed by atoms with E-state index in [-0.39, 0.29) is 37.8 Å². The van der Waals surface area contributed by atoms with E-state index in [1.165, 1.54) is 9.36 Å². The van der Waals surface area contributed by atoms with Gasteiger partial charge in [0.2, 0.25) is 0 Å². The molecule has 0 bridgehead atoms. The summed E-state index contributed by atoms with van der Waals surface area (Å²) in [5.41, 5.74) is 0.960. The normalized spacial score (nSPS) is 15.5. The van der Waals surface area contributed by atoms with Crippen LogP contribution in [0.1, 0.15) is 79.6 Å². The summed E-state index contributed by atoms with van der Waals surface area (Å²) in [6.45, 7) is 12.1. The van der Waals surface area contributed by atoms with Gasteiger partial charge in [-0.15, -0.1) is 10.2 Å². The molecule has 0 spiro atoms. The minimum atomic E-state index is -1.48. The Balaban J connectivity index is 2.45. The molecule has 2 unspecified atom stereocenters. The van der Waals surface area contributed by atoms with Gasteiger partial charge in [0.1, 0.15) is 0 Å². The molecular formula is C30H48N6O10. The van der Waals surface area contributed by atoms with Gasteiger partial charge in [0.15, 0.2) is 24.4 Å². The van der Waals surface area contributed by atoms with Crippen molar-refractivity contribution in [3.8, 4) is 0 Å². The summed E-state index contributed by atoms with van der Waals surface area (Å²) in [5.74, 6) is -2.51. The van der Waals surface area contributed by atoms with Gasteiger partial charge in [-0.25, -0.2) is 9.36 Å². The third-order valence-electron chi connectivity index (χ3n) is 6.58. The average molecular weight is 653 g/mol. The summed E-state index contributed by atoms with van der Waals surface area (Å²) in [6.07, 6.45) is -2.13. The smallest absolute Gasteiger partial charge is 0.303 e. The van der Waals surface area contributed by atoms with Crippen molar-refractivity contribution in [2.45, 2.75) is 131 Å². The molecule has 2 heterocycles. The number of aliphatic hydroxyl groups is 2. The zero-order valence-electron chi connectivity index (χ0n) is 27.9. The van der Waals surface area contributed by atoms with Crippen LogP contribution in [0.4, 0.5) is 0 Å². The summed E-state index contributed by atoms with van der Waals surface area (Å²) in [5, 5.41) is 37.0. The van der Waals surface area contributed by atoms with Crippen molar-refractivity contribution >= 4 is 23.9 Å². The van der Waals surface area contributed by atoms with Gasteiger partial charge < -0.3 is 29.2 Å². The Morgan fingerprint density at radius 3 is 1.24 bits per heavy atom. The van der Waals surface area contributed by atoms with E-state index in [9.17, 15) is 29.4 Å². The van der Waals surface area contributed by atoms with Crippen molar-refractivity contribution in [1.29, 1.82) is 0 Å². The van der Waals surface area contributed by atoms with Crippen LogP contribution in [0.2, 0.25) is 0 Å². The number of carbonyl (C=O) groups excluding carboxylic acids is 4. The number of hydrogen-bond donors (Lipinski definition) is 2. The van der Waals surface area contributed by atoms with Crippen molar-refractivity contribution in [2.75, 3.05) is 0 Å². The molecular weight excluding hydrogens is 604 g/mol. The van der Waals surface area contributed by atoms with Gasteiger partial charge in [-0.05, 0) is 24.7 Å². The highest BCUT2D eigenvalue weighted by molar-refractivity contribution is 5.69. The predicted molar refractivity (Wildman–Crippen MR) is 161 cm³/mol. The molecule has 6 atom stereocenters. The molecule has 2 N–H and O–H groups in total. The van der Waals surface area contributed by atoms with E-state index in [4.69, 9.17) is 18.9 Å². The highest BCUT2D eigenvalue weighted by Gasteiger charge is 2.44. The first-order valence-electron chi connectivity index (χ1n) is 15.3. The average Bonchev–Trinajstić information content (AvgIpc) is 3.52. The summed E-state index contributed by atoms with van der Waals surface area (Å²) in [4.78, 5) is 49.2. The van der Waals surface area contributed by atoms with Crippen LogP contribution >= 0.6 is 0 Å². The third-order valence-corrected chi connectivity index (χ3v) is 6.58. The van der Waals surface area contributed by atoms with E-state index in [1.807, 2.05) is 27.7 Å². The molecule has 0 saturated carbocycles. The molecule has 2 aromatic rings. The number of esters is 4. The first-order chi connectivity index (χ1) is 21.5. The molecule has 16 nitrogen and oxygen atoms in total. The number of carbonyl (C=O) groups is 4. The van der Waals surface area contributed by atoms with Crippen molar-refractivity contribution < 1.29 is 48.3 Å². The largest absolute Gasteiger partial charge is 0.456 e. The fourth-order valence-corrected chi connectivity index (χ4v) is 5.08. The van der Waals surface area contributed by atoms with Crippen molar-refractivity contribution in [2.24, 2.45) is 11.8 Å². The van der Waals surface area contributed by atoms with Gasteiger partial charge in [-0.3, -0.25) is 19.2 Å². The number of hydrogen-bond acceptors (Lipinski definition) is 14. The Morgan fingerprint density at radius 1 is 0.630 bits per heavy atom. The van der Waals surface area contributed by atoms with Gasteiger partial charge in [0, 0.05) is 52.9 Å². The number of aromatic nitrogens is 6. The summed E-state index contributed by atoms with van der Waals surface area (Å²) in [6, 6.07) is 0. The van der Waals surface area contributed by atoms with Crippen LogP contribution in [0, 0.1) is 11.8 Å². The maximum atomic E-state index is 12.4. The first-order valence-corrected chi connectivity index (χ1v) is 15.3. The lowest BCUT2D eigenvalue weighted by Gasteiger charge is -2.35. The molecule has 0 radical (unpaired) electrons. The summed E-state index contributed by atoms with van der Waals surface area (Å²) in [7, 11) is 0. The second-order valence-electron chi connectivity index (χ2n) is 12.3. The lowest BCUT2D eigenvalue weighted by molar-refractivity contribution is -0.200. The Hall–Kier alpha value is -3.92. The second kappa shape index (κ2) is 18.3. The first kappa shape index (κ1) is 38.3. The molecule has 46 heavy (non-hydrogen) atoms. The van der Waals surface area contributed by atoms with E-state index >= 15 is 0 Å². The molecule has 0 aromatic carbocycles. The zero-order chi connectivity index (χ0) is 34.6. The Labute approximate surface area is 268 Å². The predicted octanol–water partition coefficient (Wildman–Crippen LogP) is 1.20. The van der Waals surface area contributed by atoms with Gasteiger partial charge >= 0.3 is 23.9 Å². The Bertz CT molecular complexity index is 1180. The van der Waals surface area contributed by atoms with Crippen LogP contribution < -0.4 is 0 Å². The number of ether oxygens (including phenoxy) is 4. The van der Waals surface area contributed by atoms with Crippen molar-refractivity contribution in [3.05, 3.63) is 23.8 Å². The number of nitrogens with zero attached hydrogens (tertiary/aromatic N) is 6. The van der Waals surface area contributed by atoms with E-state index in [0.717, 1.165) is 27.7 Å². The van der Waals surface area contributed by atoms with Gasteiger partial charge in [-0.2, -0.15) is 0 Å². The molecule has 0 fully saturated rings. The maximum absolute atomic E-state index is 12.4. The fourth-order valence-electron chi connectivity index (χ4n) is 5.08. The molecule has 0 aliphatic rings. The molecule has 2 aromatic heterocycles. The molecule has 0 saturated heterocycles. The molecule has 0 aliphatic carbocycles. The van der Waals surface area contributed by atoms with Gasteiger partial charge in [-0.1, -0.05) is 38.1 Å². The van der Waals surface area contributed by atoms with Gasteiger partial charge in [0.25, 0.3) is 0 Å². The van der Waals surface area contributed by atoms with Gasteiger partial charge in [0.05, 0.1) is 36.7 Å². The van der Waals surface area contributed by atoms with Crippen LogP contribution in [0.15, 0.2) is 12.4 Å². The highest BCUT2D eigenvalue weighted by Crippen LogP contribution is 2.22. The van der Waals surface area contributed by atoms with E-state index < -0.39 is 60.5 Å². The molecule has 258 valence electrons.